The molecule has 2 N–H and O–H groups in total. The van der Waals surface area contributed by atoms with E-state index in [0.29, 0.717) is 18.8 Å². The van der Waals surface area contributed by atoms with Crippen LogP contribution in [-0.4, -0.2) is 59.5 Å². The SMILES string of the molecule is CCOCC1CC2(C=C(c3cnc4c(cnn4CC)c3NC3CCS(=O)(=O)CC3)NO2)C1. The van der Waals surface area contributed by atoms with Crippen LogP contribution in [0.5, 0.6) is 0 Å². The Morgan fingerprint density at radius 1 is 1.28 bits per heavy atom. The Morgan fingerprint density at radius 3 is 2.78 bits per heavy atom. The number of pyridine rings is 1. The van der Waals surface area contributed by atoms with Crippen molar-refractivity contribution in [3.63, 3.8) is 0 Å². The molecule has 2 aliphatic heterocycles. The molecule has 5 rings (SSSR count). The second-order valence-electron chi connectivity index (χ2n) is 9.08. The van der Waals surface area contributed by atoms with Crippen molar-refractivity contribution in [2.24, 2.45) is 5.92 Å². The maximum atomic E-state index is 11.9. The molecule has 0 amide bonds. The molecule has 0 atom stereocenters. The average Bonchev–Trinajstić information content (AvgIpc) is 3.38. The number of ether oxygens (including phenoxy) is 1. The Bertz CT molecular complexity index is 1120. The van der Waals surface area contributed by atoms with Gasteiger partial charge in [-0.1, -0.05) is 0 Å². The molecule has 1 saturated heterocycles. The van der Waals surface area contributed by atoms with Crippen molar-refractivity contribution in [2.45, 2.75) is 57.7 Å². The third kappa shape index (κ3) is 3.99. The van der Waals surface area contributed by atoms with Gasteiger partial charge in [0.05, 0.1) is 34.5 Å². The lowest BCUT2D eigenvalue weighted by molar-refractivity contribution is -0.124. The number of nitrogens with zero attached hydrogens (tertiary/aromatic N) is 3. The number of hydroxylamine groups is 1. The maximum Gasteiger partial charge on any atom is 0.159 e. The maximum absolute atomic E-state index is 11.9. The molecule has 0 radical (unpaired) electrons. The molecule has 1 saturated carbocycles. The quantitative estimate of drug-likeness (QED) is 0.648. The molecule has 2 aromatic rings. The van der Waals surface area contributed by atoms with E-state index in [1.807, 2.05) is 30.9 Å². The fraction of sp³-hybridized carbons (Fsp3) is 0.636. The molecule has 9 nitrogen and oxygen atoms in total. The number of rotatable bonds is 7. The lowest BCUT2D eigenvalue weighted by Gasteiger charge is -2.41. The first kappa shape index (κ1) is 21.7. The molecule has 1 spiro atoms. The van der Waals surface area contributed by atoms with Gasteiger partial charge in [-0.15, -0.1) is 0 Å². The van der Waals surface area contributed by atoms with Crippen molar-refractivity contribution >= 4 is 32.3 Å². The van der Waals surface area contributed by atoms with Gasteiger partial charge in [-0.3, -0.25) is 10.3 Å². The average molecular weight is 462 g/mol. The summed E-state index contributed by atoms with van der Waals surface area (Å²) in [4.78, 5) is 10.7. The van der Waals surface area contributed by atoms with Crippen LogP contribution in [0.15, 0.2) is 18.5 Å². The molecule has 1 aliphatic carbocycles. The lowest BCUT2D eigenvalue weighted by Crippen LogP contribution is -2.45. The van der Waals surface area contributed by atoms with Gasteiger partial charge in [-0.2, -0.15) is 5.10 Å². The summed E-state index contributed by atoms with van der Waals surface area (Å²) >= 11 is 0. The summed E-state index contributed by atoms with van der Waals surface area (Å²) in [7, 11) is -2.92. The second-order valence-corrected chi connectivity index (χ2v) is 11.4. The number of sulfone groups is 1. The van der Waals surface area contributed by atoms with Gasteiger partial charge in [0.25, 0.3) is 0 Å². The Kier molecular flexibility index (Phi) is 5.63. The first-order chi connectivity index (χ1) is 15.4. The van der Waals surface area contributed by atoms with Crippen LogP contribution in [0.1, 0.15) is 45.1 Å². The van der Waals surface area contributed by atoms with Crippen LogP contribution in [0.3, 0.4) is 0 Å². The smallest absolute Gasteiger partial charge is 0.159 e. The number of fused-ring (bicyclic) bond motifs is 1. The van der Waals surface area contributed by atoms with Crippen LogP contribution in [0, 0.1) is 5.92 Å². The molecular weight excluding hydrogens is 430 g/mol. The van der Waals surface area contributed by atoms with Crippen LogP contribution < -0.4 is 10.8 Å². The number of aryl methyl sites for hydroxylation is 1. The number of anilines is 1. The van der Waals surface area contributed by atoms with Crippen molar-refractivity contribution in [1.29, 1.82) is 0 Å². The van der Waals surface area contributed by atoms with E-state index in [9.17, 15) is 8.42 Å². The highest BCUT2D eigenvalue weighted by atomic mass is 32.2. The second kappa shape index (κ2) is 8.31. The van der Waals surface area contributed by atoms with Gasteiger partial charge < -0.3 is 10.1 Å². The Morgan fingerprint density at radius 2 is 2.06 bits per heavy atom. The lowest BCUT2D eigenvalue weighted by atomic mass is 9.71. The van der Waals surface area contributed by atoms with E-state index in [1.165, 1.54) is 0 Å². The monoisotopic (exact) mass is 461 g/mol. The number of nitrogens with one attached hydrogen (secondary N) is 2. The molecule has 2 aromatic heterocycles. The van der Waals surface area contributed by atoms with Gasteiger partial charge in [0.15, 0.2) is 5.65 Å². The van der Waals surface area contributed by atoms with E-state index in [-0.39, 0.29) is 23.1 Å². The Hall–Kier alpha value is -2.17. The molecule has 174 valence electrons. The minimum absolute atomic E-state index is 0.0870. The van der Waals surface area contributed by atoms with E-state index in [1.54, 1.807) is 0 Å². The number of hydrogen-bond acceptors (Lipinski definition) is 8. The topological polar surface area (TPSA) is 107 Å². The van der Waals surface area contributed by atoms with Gasteiger partial charge in [0.2, 0.25) is 0 Å². The number of aromatic nitrogens is 3. The molecule has 0 bridgehead atoms. The predicted molar refractivity (Wildman–Crippen MR) is 123 cm³/mol. The molecule has 0 unspecified atom stereocenters. The Labute approximate surface area is 188 Å². The van der Waals surface area contributed by atoms with Crippen LogP contribution in [-0.2, 0) is 26.0 Å². The number of hydrogen-bond donors (Lipinski definition) is 2. The van der Waals surface area contributed by atoms with Gasteiger partial charge in [-0.05, 0) is 51.5 Å². The highest BCUT2D eigenvalue weighted by Crippen LogP contribution is 2.47. The van der Waals surface area contributed by atoms with E-state index in [2.05, 4.69) is 27.0 Å². The third-order valence-corrected chi connectivity index (χ3v) is 8.47. The first-order valence-electron chi connectivity index (χ1n) is 11.5. The third-order valence-electron chi connectivity index (χ3n) is 6.76. The summed E-state index contributed by atoms with van der Waals surface area (Å²) < 4.78 is 31.2. The zero-order valence-corrected chi connectivity index (χ0v) is 19.5. The minimum atomic E-state index is -2.92. The van der Waals surface area contributed by atoms with Gasteiger partial charge >= 0.3 is 0 Å². The van der Waals surface area contributed by atoms with Crippen LogP contribution in [0.4, 0.5) is 5.69 Å². The van der Waals surface area contributed by atoms with Gasteiger partial charge in [-0.25, -0.2) is 18.1 Å². The summed E-state index contributed by atoms with van der Waals surface area (Å²) in [5.74, 6) is 0.950. The van der Waals surface area contributed by atoms with Gasteiger partial charge in [0.1, 0.15) is 15.4 Å². The zero-order valence-electron chi connectivity index (χ0n) is 18.6. The molecule has 10 heteroatoms. The molecular formula is C22H31N5O4S. The van der Waals surface area contributed by atoms with E-state index < -0.39 is 9.84 Å². The highest BCUT2D eigenvalue weighted by Gasteiger charge is 2.48. The van der Waals surface area contributed by atoms with Crippen LogP contribution >= 0.6 is 0 Å². The first-order valence-corrected chi connectivity index (χ1v) is 13.3. The largest absolute Gasteiger partial charge is 0.381 e. The standard InChI is InChI=1S/C22H31N5O4S/c1-3-27-21-18(13-24-27)20(25-16-5-7-32(28,29)8-6-16)17(12-23-21)19-11-22(31-26-19)9-15(10-22)14-30-4-2/h11-13,15-16,26H,3-10,14H2,1-2H3,(H,23,25). The predicted octanol–water partition coefficient (Wildman–Crippen LogP) is 2.50. The molecule has 3 aliphatic rings. The van der Waals surface area contributed by atoms with Crippen molar-refractivity contribution in [3.8, 4) is 0 Å². The van der Waals surface area contributed by atoms with E-state index in [4.69, 9.17) is 9.57 Å². The van der Waals surface area contributed by atoms with Crippen molar-refractivity contribution in [3.05, 3.63) is 24.0 Å². The highest BCUT2D eigenvalue weighted by molar-refractivity contribution is 7.91. The summed E-state index contributed by atoms with van der Waals surface area (Å²) in [6.45, 7) is 6.28. The van der Waals surface area contributed by atoms with Crippen molar-refractivity contribution in [1.82, 2.24) is 20.2 Å². The molecule has 2 fully saturated rings. The van der Waals surface area contributed by atoms with E-state index in [0.717, 1.165) is 60.6 Å². The summed E-state index contributed by atoms with van der Waals surface area (Å²) in [6, 6.07) is 0.0870. The fourth-order valence-electron chi connectivity index (χ4n) is 4.99. The van der Waals surface area contributed by atoms with Gasteiger partial charge in [0, 0.05) is 37.6 Å². The fourth-order valence-corrected chi connectivity index (χ4v) is 6.48. The summed E-state index contributed by atoms with van der Waals surface area (Å²) in [5, 5.41) is 9.05. The van der Waals surface area contributed by atoms with Crippen molar-refractivity contribution in [2.75, 3.05) is 30.0 Å². The minimum Gasteiger partial charge on any atom is -0.381 e. The molecule has 32 heavy (non-hydrogen) atoms. The summed E-state index contributed by atoms with van der Waals surface area (Å²) in [6.07, 6.45) is 8.91. The molecule has 4 heterocycles. The van der Waals surface area contributed by atoms with Crippen molar-refractivity contribution < 1.29 is 18.0 Å². The normalized spacial score (nSPS) is 24.3. The van der Waals surface area contributed by atoms with Crippen LogP contribution in [0.25, 0.3) is 16.7 Å². The summed E-state index contributed by atoms with van der Waals surface area (Å²) in [5.41, 5.74) is 6.41. The Balaban J connectivity index is 1.44. The zero-order chi connectivity index (χ0) is 22.3. The van der Waals surface area contributed by atoms with Crippen LogP contribution in [0.2, 0.25) is 0 Å². The van der Waals surface area contributed by atoms with E-state index >= 15 is 0 Å². The molecule has 0 aromatic carbocycles.